The van der Waals surface area contributed by atoms with Crippen LogP contribution in [0.25, 0.3) is 0 Å². The van der Waals surface area contributed by atoms with Crippen LogP contribution in [0, 0.1) is 0 Å². The Morgan fingerprint density at radius 1 is 0.815 bits per heavy atom. The molecular weight excluding hydrogens is 364 g/mol. The number of anilines is 3. The summed E-state index contributed by atoms with van der Waals surface area (Å²) >= 11 is 5.99. The van der Waals surface area contributed by atoms with Gasteiger partial charge in [0.15, 0.2) is 11.5 Å². The fourth-order valence-corrected chi connectivity index (χ4v) is 2.74. The van der Waals surface area contributed by atoms with Crippen LogP contribution in [0.15, 0.2) is 66.7 Å². The molecule has 27 heavy (non-hydrogen) atoms. The number of carbonyl (C=O) groups is 1. The third kappa shape index (κ3) is 4.71. The maximum atomic E-state index is 12.5. The highest BCUT2D eigenvalue weighted by Crippen LogP contribution is 2.28. The van der Waals surface area contributed by atoms with Crippen molar-refractivity contribution < 1.29 is 14.3 Å². The summed E-state index contributed by atoms with van der Waals surface area (Å²) in [6.07, 6.45) is 0. The Hall–Kier alpha value is -3.18. The molecule has 0 atom stereocenters. The third-order valence-corrected chi connectivity index (χ3v) is 4.14. The highest BCUT2D eigenvalue weighted by molar-refractivity contribution is 6.30. The fourth-order valence-electron chi connectivity index (χ4n) is 2.55. The zero-order chi connectivity index (χ0) is 19.2. The Balaban J connectivity index is 1.68. The molecule has 0 fully saturated rings. The SMILES string of the molecule is COc1ccc(C(=O)Nc2ccc(Nc3cccc(Cl)c3)cc2)cc1OC. The van der Waals surface area contributed by atoms with Crippen LogP contribution in [0.1, 0.15) is 10.4 Å². The third-order valence-electron chi connectivity index (χ3n) is 3.90. The van der Waals surface area contributed by atoms with Gasteiger partial charge in [-0.05, 0) is 60.7 Å². The lowest BCUT2D eigenvalue weighted by Crippen LogP contribution is -2.12. The number of rotatable bonds is 6. The van der Waals surface area contributed by atoms with Crippen molar-refractivity contribution in [1.82, 2.24) is 0 Å². The van der Waals surface area contributed by atoms with Gasteiger partial charge in [-0.3, -0.25) is 4.79 Å². The van der Waals surface area contributed by atoms with E-state index >= 15 is 0 Å². The van der Waals surface area contributed by atoms with E-state index in [0.717, 1.165) is 11.4 Å². The molecular formula is C21H19ClN2O3. The predicted molar refractivity (Wildman–Crippen MR) is 109 cm³/mol. The summed E-state index contributed by atoms with van der Waals surface area (Å²) < 4.78 is 10.4. The van der Waals surface area contributed by atoms with E-state index in [1.54, 1.807) is 25.3 Å². The Morgan fingerprint density at radius 3 is 2.19 bits per heavy atom. The van der Waals surface area contributed by atoms with Crippen LogP contribution in [0.2, 0.25) is 5.02 Å². The van der Waals surface area contributed by atoms with E-state index < -0.39 is 0 Å². The summed E-state index contributed by atoms with van der Waals surface area (Å²) in [6, 6.07) is 19.9. The van der Waals surface area contributed by atoms with Gasteiger partial charge < -0.3 is 20.1 Å². The molecule has 0 aliphatic heterocycles. The molecule has 0 spiro atoms. The first-order valence-corrected chi connectivity index (χ1v) is 8.63. The predicted octanol–water partition coefficient (Wildman–Crippen LogP) is 5.35. The van der Waals surface area contributed by atoms with Crippen LogP contribution in [-0.4, -0.2) is 20.1 Å². The van der Waals surface area contributed by atoms with Gasteiger partial charge in [0, 0.05) is 27.6 Å². The van der Waals surface area contributed by atoms with Crippen molar-refractivity contribution in [3.8, 4) is 11.5 Å². The van der Waals surface area contributed by atoms with E-state index in [4.69, 9.17) is 21.1 Å². The standard InChI is InChI=1S/C21H19ClN2O3/c1-26-19-11-6-14(12-20(19)27-2)21(25)24-17-9-7-16(8-10-17)23-18-5-3-4-15(22)13-18/h3-13,23H,1-2H3,(H,24,25). The number of hydrogen-bond donors (Lipinski definition) is 2. The summed E-state index contributed by atoms with van der Waals surface area (Å²) in [6.45, 7) is 0. The van der Waals surface area contributed by atoms with Crippen molar-refractivity contribution in [2.24, 2.45) is 0 Å². The molecule has 0 heterocycles. The van der Waals surface area contributed by atoms with Gasteiger partial charge in [0.25, 0.3) is 5.91 Å². The monoisotopic (exact) mass is 382 g/mol. The molecule has 6 heteroatoms. The molecule has 3 aromatic rings. The molecule has 0 saturated heterocycles. The Morgan fingerprint density at radius 2 is 1.52 bits per heavy atom. The number of hydrogen-bond acceptors (Lipinski definition) is 4. The number of ether oxygens (including phenoxy) is 2. The first-order valence-electron chi connectivity index (χ1n) is 8.25. The zero-order valence-electron chi connectivity index (χ0n) is 15.0. The molecule has 0 radical (unpaired) electrons. The van der Waals surface area contributed by atoms with E-state index in [1.165, 1.54) is 7.11 Å². The van der Waals surface area contributed by atoms with Gasteiger partial charge in [-0.25, -0.2) is 0 Å². The largest absolute Gasteiger partial charge is 0.493 e. The quantitative estimate of drug-likeness (QED) is 0.603. The molecule has 1 amide bonds. The summed E-state index contributed by atoms with van der Waals surface area (Å²) in [5.74, 6) is 0.850. The lowest BCUT2D eigenvalue weighted by molar-refractivity contribution is 0.102. The Bertz CT molecular complexity index is 942. The van der Waals surface area contributed by atoms with Crippen molar-refractivity contribution in [2.45, 2.75) is 0 Å². The van der Waals surface area contributed by atoms with Gasteiger partial charge in [-0.2, -0.15) is 0 Å². The Kier molecular flexibility index (Phi) is 5.84. The number of methoxy groups -OCH3 is 2. The molecule has 3 aromatic carbocycles. The molecule has 0 aliphatic rings. The maximum Gasteiger partial charge on any atom is 0.255 e. The molecule has 5 nitrogen and oxygen atoms in total. The second-order valence-electron chi connectivity index (χ2n) is 5.74. The molecule has 0 aromatic heterocycles. The molecule has 0 aliphatic carbocycles. The topological polar surface area (TPSA) is 59.6 Å². The molecule has 0 bridgehead atoms. The highest BCUT2D eigenvalue weighted by Gasteiger charge is 2.11. The summed E-state index contributed by atoms with van der Waals surface area (Å²) in [5, 5.41) is 6.79. The number of amides is 1. The number of carbonyl (C=O) groups excluding carboxylic acids is 1. The van der Waals surface area contributed by atoms with E-state index in [0.29, 0.717) is 27.8 Å². The van der Waals surface area contributed by atoms with Crippen molar-refractivity contribution >= 4 is 34.6 Å². The first-order chi connectivity index (χ1) is 13.1. The van der Waals surface area contributed by atoms with Gasteiger partial charge >= 0.3 is 0 Å². The minimum atomic E-state index is -0.230. The van der Waals surface area contributed by atoms with Gasteiger partial charge in [-0.1, -0.05) is 17.7 Å². The average Bonchev–Trinajstić information content (AvgIpc) is 2.69. The van der Waals surface area contributed by atoms with E-state index in [1.807, 2.05) is 48.5 Å². The van der Waals surface area contributed by atoms with Crippen LogP contribution in [-0.2, 0) is 0 Å². The lowest BCUT2D eigenvalue weighted by Gasteiger charge is -2.11. The summed E-state index contributed by atoms with van der Waals surface area (Å²) in [4.78, 5) is 12.5. The number of halogens is 1. The smallest absolute Gasteiger partial charge is 0.255 e. The second-order valence-corrected chi connectivity index (χ2v) is 6.17. The molecule has 3 rings (SSSR count). The normalized spacial score (nSPS) is 10.2. The molecule has 0 unspecified atom stereocenters. The van der Waals surface area contributed by atoms with Crippen LogP contribution in [0.4, 0.5) is 17.1 Å². The number of benzene rings is 3. The summed E-state index contributed by atoms with van der Waals surface area (Å²) in [7, 11) is 3.09. The van der Waals surface area contributed by atoms with Crippen LogP contribution < -0.4 is 20.1 Å². The van der Waals surface area contributed by atoms with Crippen molar-refractivity contribution in [3.63, 3.8) is 0 Å². The van der Waals surface area contributed by atoms with E-state index in [2.05, 4.69) is 10.6 Å². The fraction of sp³-hybridized carbons (Fsp3) is 0.0952. The number of nitrogens with one attached hydrogen (secondary N) is 2. The van der Waals surface area contributed by atoms with E-state index in [9.17, 15) is 4.79 Å². The van der Waals surface area contributed by atoms with Gasteiger partial charge in [-0.15, -0.1) is 0 Å². The highest BCUT2D eigenvalue weighted by atomic mass is 35.5. The van der Waals surface area contributed by atoms with Crippen LogP contribution in [0.3, 0.4) is 0 Å². The first kappa shape index (κ1) is 18.6. The molecule has 138 valence electrons. The van der Waals surface area contributed by atoms with E-state index in [-0.39, 0.29) is 5.91 Å². The zero-order valence-corrected chi connectivity index (χ0v) is 15.7. The minimum absolute atomic E-state index is 0.230. The summed E-state index contributed by atoms with van der Waals surface area (Å²) in [5.41, 5.74) is 2.95. The Labute approximate surface area is 162 Å². The van der Waals surface area contributed by atoms with Crippen molar-refractivity contribution in [3.05, 3.63) is 77.3 Å². The van der Waals surface area contributed by atoms with Gasteiger partial charge in [0.2, 0.25) is 0 Å². The average molecular weight is 383 g/mol. The molecule has 0 saturated carbocycles. The maximum absolute atomic E-state index is 12.5. The van der Waals surface area contributed by atoms with Gasteiger partial charge in [0.05, 0.1) is 14.2 Å². The van der Waals surface area contributed by atoms with Crippen LogP contribution in [0.5, 0.6) is 11.5 Å². The van der Waals surface area contributed by atoms with Gasteiger partial charge in [0.1, 0.15) is 0 Å². The lowest BCUT2D eigenvalue weighted by atomic mass is 10.1. The van der Waals surface area contributed by atoms with Crippen molar-refractivity contribution in [2.75, 3.05) is 24.9 Å². The molecule has 2 N–H and O–H groups in total. The minimum Gasteiger partial charge on any atom is -0.493 e. The second kappa shape index (κ2) is 8.47. The van der Waals surface area contributed by atoms with Crippen molar-refractivity contribution in [1.29, 1.82) is 0 Å². The van der Waals surface area contributed by atoms with Crippen LogP contribution >= 0.6 is 11.6 Å².